The highest BCUT2D eigenvalue weighted by Crippen LogP contribution is 2.26. The zero-order chi connectivity index (χ0) is 18.4. The average Bonchev–Trinajstić information content (AvgIpc) is 2.51. The van der Waals surface area contributed by atoms with Gasteiger partial charge < -0.3 is 14.8 Å². The summed E-state index contributed by atoms with van der Waals surface area (Å²) in [5, 5.41) is 3.61. The molecule has 5 nitrogen and oxygen atoms in total. The second-order valence-corrected chi connectivity index (χ2v) is 7.80. The van der Waals surface area contributed by atoms with Gasteiger partial charge in [0.15, 0.2) is 0 Å². The van der Waals surface area contributed by atoms with Crippen LogP contribution in [-0.2, 0) is 11.3 Å². The van der Waals surface area contributed by atoms with Crippen molar-refractivity contribution in [2.45, 2.75) is 58.7 Å². The normalized spacial score (nSPS) is 16.5. The van der Waals surface area contributed by atoms with Crippen LogP contribution in [0.3, 0.4) is 0 Å². The Bertz CT molecular complexity index is 579. The van der Waals surface area contributed by atoms with Gasteiger partial charge in [-0.1, -0.05) is 17.7 Å². The lowest BCUT2D eigenvalue weighted by atomic mass is 10.0. The Kier molecular flexibility index (Phi) is 6.96. The third-order valence-electron chi connectivity index (χ3n) is 4.01. The number of carbonyl (C=O) groups is 1. The molecule has 6 heteroatoms. The molecular weight excluding hydrogens is 340 g/mol. The van der Waals surface area contributed by atoms with Gasteiger partial charge in [0.1, 0.15) is 11.4 Å². The molecule has 0 saturated carbocycles. The molecule has 0 radical (unpaired) electrons. The summed E-state index contributed by atoms with van der Waals surface area (Å²) >= 11 is 6.14. The van der Waals surface area contributed by atoms with Crippen LogP contribution in [0.4, 0.5) is 4.79 Å². The third-order valence-corrected chi connectivity index (χ3v) is 4.32. The van der Waals surface area contributed by atoms with Crippen LogP contribution in [-0.4, -0.2) is 42.3 Å². The first-order valence-electron chi connectivity index (χ1n) is 8.90. The summed E-state index contributed by atoms with van der Waals surface area (Å²) < 4.78 is 10.9. The van der Waals surface area contributed by atoms with Crippen LogP contribution in [0.2, 0.25) is 5.02 Å². The molecule has 0 bridgehead atoms. The molecule has 0 aliphatic carbocycles. The van der Waals surface area contributed by atoms with Crippen molar-refractivity contribution in [1.82, 2.24) is 10.2 Å². The van der Waals surface area contributed by atoms with Crippen molar-refractivity contribution in [3.63, 3.8) is 0 Å². The first kappa shape index (κ1) is 19.9. The highest BCUT2D eigenvalue weighted by molar-refractivity contribution is 6.32. The Morgan fingerprint density at radius 2 is 2.00 bits per heavy atom. The molecule has 1 aliphatic heterocycles. The van der Waals surface area contributed by atoms with Crippen molar-refractivity contribution >= 4 is 17.7 Å². The predicted octanol–water partition coefficient (Wildman–Crippen LogP) is 4.23. The van der Waals surface area contributed by atoms with E-state index in [2.05, 4.69) is 10.2 Å². The van der Waals surface area contributed by atoms with Gasteiger partial charge in [-0.2, -0.15) is 0 Å². The lowest BCUT2D eigenvalue weighted by Crippen LogP contribution is -2.45. The van der Waals surface area contributed by atoms with Crippen molar-refractivity contribution in [3.8, 4) is 5.75 Å². The summed E-state index contributed by atoms with van der Waals surface area (Å²) in [6, 6.07) is 6.11. The smallest absolute Gasteiger partial charge is 0.407 e. The van der Waals surface area contributed by atoms with E-state index in [4.69, 9.17) is 21.1 Å². The van der Waals surface area contributed by atoms with Crippen LogP contribution < -0.4 is 10.1 Å². The van der Waals surface area contributed by atoms with Crippen molar-refractivity contribution in [1.29, 1.82) is 0 Å². The quantitative estimate of drug-likeness (QED) is 0.845. The molecule has 1 aromatic carbocycles. The molecule has 0 spiro atoms. The zero-order valence-corrected chi connectivity index (χ0v) is 16.4. The van der Waals surface area contributed by atoms with Gasteiger partial charge in [0.25, 0.3) is 0 Å². The highest BCUT2D eigenvalue weighted by atomic mass is 35.5. The number of ether oxygens (including phenoxy) is 2. The number of carbonyl (C=O) groups excluding carboxylic acids is 1. The molecule has 0 unspecified atom stereocenters. The lowest BCUT2D eigenvalue weighted by Gasteiger charge is -2.32. The van der Waals surface area contributed by atoms with Gasteiger partial charge in [-0.05, 0) is 58.2 Å². The van der Waals surface area contributed by atoms with E-state index in [1.54, 1.807) is 0 Å². The van der Waals surface area contributed by atoms with E-state index >= 15 is 0 Å². The highest BCUT2D eigenvalue weighted by Gasteiger charge is 2.23. The fourth-order valence-corrected chi connectivity index (χ4v) is 3.05. The molecule has 1 aliphatic rings. The Hall–Kier alpha value is -1.46. The second-order valence-electron chi connectivity index (χ2n) is 7.39. The first-order chi connectivity index (χ1) is 11.8. The average molecular weight is 369 g/mol. The number of rotatable bonds is 5. The van der Waals surface area contributed by atoms with Gasteiger partial charge in [-0.15, -0.1) is 0 Å². The Labute approximate surface area is 155 Å². The lowest BCUT2D eigenvalue weighted by molar-refractivity contribution is 0.0477. The van der Waals surface area contributed by atoms with Gasteiger partial charge in [0, 0.05) is 25.7 Å². The van der Waals surface area contributed by atoms with E-state index < -0.39 is 5.60 Å². The second kappa shape index (κ2) is 8.77. The van der Waals surface area contributed by atoms with Crippen molar-refractivity contribution < 1.29 is 14.3 Å². The van der Waals surface area contributed by atoms with E-state index in [9.17, 15) is 4.79 Å². The fourth-order valence-electron chi connectivity index (χ4n) is 2.88. The zero-order valence-electron chi connectivity index (χ0n) is 15.6. The number of likely N-dealkylation sites (tertiary alicyclic amines) is 1. The number of hydrogen-bond donors (Lipinski definition) is 1. The maximum atomic E-state index is 11.9. The van der Waals surface area contributed by atoms with Gasteiger partial charge in [0.05, 0.1) is 11.6 Å². The number of halogens is 1. The van der Waals surface area contributed by atoms with Gasteiger partial charge >= 0.3 is 6.09 Å². The summed E-state index contributed by atoms with van der Waals surface area (Å²) in [5.41, 5.74) is 0.726. The minimum absolute atomic E-state index is 0.176. The number of alkyl carbamates (subject to hydrolysis) is 1. The molecule has 0 aromatic heterocycles. The first-order valence-corrected chi connectivity index (χ1v) is 9.27. The number of hydrogen-bond acceptors (Lipinski definition) is 4. The molecule has 25 heavy (non-hydrogen) atoms. The Morgan fingerprint density at radius 3 is 2.60 bits per heavy atom. The van der Waals surface area contributed by atoms with Crippen LogP contribution in [0.15, 0.2) is 18.2 Å². The molecular formula is C19H29ClN2O3. The standard InChI is InChI=1S/C19H29ClN2O3/c1-5-24-17-12-14(6-7-16(17)20)13-22-10-8-15(9-11-22)21-18(23)25-19(2,3)4/h6-7,12,15H,5,8-11,13H2,1-4H3,(H,21,23). The largest absolute Gasteiger partial charge is 0.492 e. The van der Waals surface area contributed by atoms with Crippen LogP contribution in [0.5, 0.6) is 5.75 Å². The van der Waals surface area contributed by atoms with Crippen LogP contribution >= 0.6 is 11.6 Å². The van der Waals surface area contributed by atoms with Crippen molar-refractivity contribution in [2.24, 2.45) is 0 Å². The van der Waals surface area contributed by atoms with E-state index in [1.165, 1.54) is 5.56 Å². The molecule has 2 rings (SSSR count). The molecule has 1 heterocycles. The van der Waals surface area contributed by atoms with Gasteiger partial charge in [-0.3, -0.25) is 4.90 Å². The summed E-state index contributed by atoms with van der Waals surface area (Å²) in [6.07, 6.45) is 1.51. The molecule has 0 atom stereocenters. The number of benzene rings is 1. The maximum Gasteiger partial charge on any atom is 0.407 e. The molecule has 1 amide bonds. The summed E-state index contributed by atoms with van der Waals surface area (Å²) in [5.74, 6) is 0.739. The number of nitrogens with one attached hydrogen (secondary N) is 1. The van der Waals surface area contributed by atoms with Gasteiger partial charge in [-0.25, -0.2) is 4.79 Å². The van der Waals surface area contributed by atoms with Crippen LogP contribution in [0, 0.1) is 0 Å². The number of piperidine rings is 1. The summed E-state index contributed by atoms with van der Waals surface area (Å²) in [7, 11) is 0. The molecule has 1 aromatic rings. The van der Waals surface area contributed by atoms with Crippen LogP contribution in [0.25, 0.3) is 0 Å². The van der Waals surface area contributed by atoms with E-state index in [-0.39, 0.29) is 12.1 Å². The monoisotopic (exact) mass is 368 g/mol. The minimum atomic E-state index is -0.461. The maximum absolute atomic E-state index is 11.9. The molecule has 1 saturated heterocycles. The van der Waals surface area contributed by atoms with E-state index in [0.29, 0.717) is 11.6 Å². The topological polar surface area (TPSA) is 50.8 Å². The molecule has 1 fully saturated rings. The van der Waals surface area contributed by atoms with E-state index in [1.807, 2.05) is 45.9 Å². The minimum Gasteiger partial charge on any atom is -0.492 e. The van der Waals surface area contributed by atoms with Crippen LogP contribution in [0.1, 0.15) is 46.1 Å². The molecule has 140 valence electrons. The van der Waals surface area contributed by atoms with Gasteiger partial charge in [0.2, 0.25) is 0 Å². The number of nitrogens with zero attached hydrogens (tertiary/aromatic N) is 1. The summed E-state index contributed by atoms with van der Waals surface area (Å²) in [4.78, 5) is 14.2. The fraction of sp³-hybridized carbons (Fsp3) is 0.632. The van der Waals surface area contributed by atoms with Crippen molar-refractivity contribution in [2.75, 3.05) is 19.7 Å². The third kappa shape index (κ3) is 6.75. The number of amides is 1. The van der Waals surface area contributed by atoms with E-state index in [0.717, 1.165) is 38.2 Å². The SMILES string of the molecule is CCOc1cc(CN2CCC(NC(=O)OC(C)(C)C)CC2)ccc1Cl. The Morgan fingerprint density at radius 1 is 1.32 bits per heavy atom. The predicted molar refractivity (Wildman–Crippen MR) is 100 cm³/mol. The van der Waals surface area contributed by atoms with Crippen molar-refractivity contribution in [3.05, 3.63) is 28.8 Å². The molecule has 1 N–H and O–H groups in total. The summed E-state index contributed by atoms with van der Waals surface area (Å²) in [6.45, 7) is 10.9. The Balaban J connectivity index is 1.80.